The van der Waals surface area contributed by atoms with Gasteiger partial charge in [0.15, 0.2) is 6.61 Å². The Balaban J connectivity index is 1.96. The van der Waals surface area contributed by atoms with E-state index in [4.69, 9.17) is 21.4 Å². The molecule has 3 aromatic carbocycles. The van der Waals surface area contributed by atoms with Crippen molar-refractivity contribution in [2.75, 3.05) is 13.7 Å². The molecule has 0 saturated carbocycles. The Kier molecular flexibility index (Phi) is 7.33. The third kappa shape index (κ3) is 5.68. The first kappa shape index (κ1) is 24.2. The molecule has 0 unspecified atom stereocenters. The molecule has 0 saturated heterocycles. The second-order valence-corrected chi connectivity index (χ2v) is 9.49. The van der Waals surface area contributed by atoms with Crippen molar-refractivity contribution in [1.82, 2.24) is 4.31 Å². The number of nitriles is 1. The number of ether oxygens (including phenoxy) is 1. The predicted molar refractivity (Wildman–Crippen MR) is 120 cm³/mol. The predicted octanol–water partition coefficient (Wildman–Crippen LogP) is 4.30. The lowest BCUT2D eigenvalue weighted by atomic mass is 10.00. The molecule has 3 aromatic rings. The molecule has 0 amide bonds. The fourth-order valence-electron chi connectivity index (χ4n) is 3.08. The van der Waals surface area contributed by atoms with E-state index in [-0.39, 0.29) is 22.2 Å². The lowest BCUT2D eigenvalue weighted by molar-refractivity contribution is -0.139. The zero-order chi connectivity index (χ0) is 24.2. The molecule has 0 aliphatic rings. The van der Waals surface area contributed by atoms with E-state index in [2.05, 4.69) is 0 Å². The van der Waals surface area contributed by atoms with Crippen LogP contribution in [0.1, 0.15) is 11.1 Å². The monoisotopic (exact) mass is 488 g/mol. The van der Waals surface area contributed by atoms with Crippen LogP contribution in [-0.2, 0) is 21.4 Å². The molecular weight excluding hydrogens is 471 g/mol. The Labute approximate surface area is 195 Å². The largest absolute Gasteiger partial charge is 0.481 e. The molecular formula is C23H18ClFN2O5S. The van der Waals surface area contributed by atoms with Gasteiger partial charge in [-0.2, -0.15) is 9.57 Å². The maximum atomic E-state index is 13.8. The summed E-state index contributed by atoms with van der Waals surface area (Å²) < 4.78 is 46.0. The van der Waals surface area contributed by atoms with Crippen LogP contribution in [0.3, 0.4) is 0 Å². The fourth-order valence-corrected chi connectivity index (χ4v) is 4.37. The Hall–Kier alpha value is -3.45. The van der Waals surface area contributed by atoms with Crippen molar-refractivity contribution >= 4 is 27.6 Å². The van der Waals surface area contributed by atoms with Gasteiger partial charge in [0.05, 0.1) is 21.6 Å². The van der Waals surface area contributed by atoms with Crippen LogP contribution < -0.4 is 4.74 Å². The molecule has 0 aromatic heterocycles. The second kappa shape index (κ2) is 10.0. The molecule has 0 radical (unpaired) electrons. The molecule has 3 rings (SSSR count). The lowest BCUT2D eigenvalue weighted by Gasteiger charge is -2.19. The Morgan fingerprint density at radius 1 is 1.18 bits per heavy atom. The first-order valence-corrected chi connectivity index (χ1v) is 11.3. The number of hydrogen-bond acceptors (Lipinski definition) is 5. The number of carbonyl (C=O) groups is 1. The van der Waals surface area contributed by atoms with Crippen LogP contribution >= 0.6 is 11.6 Å². The van der Waals surface area contributed by atoms with Crippen LogP contribution in [0.5, 0.6) is 5.75 Å². The van der Waals surface area contributed by atoms with Gasteiger partial charge in [-0.25, -0.2) is 17.6 Å². The summed E-state index contributed by atoms with van der Waals surface area (Å²) in [6, 6.07) is 16.7. The van der Waals surface area contributed by atoms with Gasteiger partial charge < -0.3 is 9.84 Å². The molecule has 0 spiro atoms. The number of rotatable bonds is 8. The highest BCUT2D eigenvalue weighted by Crippen LogP contribution is 2.32. The van der Waals surface area contributed by atoms with Crippen molar-refractivity contribution < 1.29 is 27.4 Å². The third-order valence-electron chi connectivity index (χ3n) is 4.70. The van der Waals surface area contributed by atoms with Crippen LogP contribution in [0.4, 0.5) is 4.39 Å². The summed E-state index contributed by atoms with van der Waals surface area (Å²) in [6.07, 6.45) is 0. The first-order valence-electron chi connectivity index (χ1n) is 9.51. The van der Waals surface area contributed by atoms with Gasteiger partial charge in [0.2, 0.25) is 10.0 Å². The Bertz CT molecular complexity index is 1360. The van der Waals surface area contributed by atoms with Crippen molar-refractivity contribution in [1.29, 1.82) is 5.26 Å². The number of carboxylic acid groups (broad SMARTS) is 1. The summed E-state index contributed by atoms with van der Waals surface area (Å²) in [5.41, 5.74) is 2.05. The molecule has 170 valence electrons. The Morgan fingerprint density at radius 3 is 2.61 bits per heavy atom. The number of carboxylic acids is 1. The van der Waals surface area contributed by atoms with Crippen molar-refractivity contribution in [2.45, 2.75) is 11.4 Å². The van der Waals surface area contributed by atoms with Gasteiger partial charge in [0.25, 0.3) is 0 Å². The number of nitrogens with zero attached hydrogens (tertiary/aromatic N) is 2. The summed E-state index contributed by atoms with van der Waals surface area (Å²) in [6.45, 7) is -0.628. The van der Waals surface area contributed by atoms with E-state index < -0.39 is 28.4 Å². The fraction of sp³-hybridized carbons (Fsp3) is 0.130. The zero-order valence-electron chi connectivity index (χ0n) is 17.3. The van der Waals surface area contributed by atoms with Gasteiger partial charge in [-0.1, -0.05) is 29.8 Å². The van der Waals surface area contributed by atoms with Crippen LogP contribution in [0.15, 0.2) is 65.6 Å². The topological polar surface area (TPSA) is 108 Å². The Morgan fingerprint density at radius 2 is 1.94 bits per heavy atom. The zero-order valence-corrected chi connectivity index (χ0v) is 18.9. The number of aliphatic carboxylic acids is 1. The summed E-state index contributed by atoms with van der Waals surface area (Å²) in [5.74, 6) is -1.73. The first-order chi connectivity index (χ1) is 15.6. The van der Waals surface area contributed by atoms with Crippen molar-refractivity contribution in [3.63, 3.8) is 0 Å². The minimum atomic E-state index is -4.01. The van der Waals surface area contributed by atoms with Gasteiger partial charge in [0, 0.05) is 19.2 Å². The molecule has 0 atom stereocenters. The van der Waals surface area contributed by atoms with E-state index in [0.29, 0.717) is 22.3 Å². The van der Waals surface area contributed by atoms with Crippen molar-refractivity contribution in [3.05, 3.63) is 82.6 Å². The number of halogens is 2. The molecule has 0 heterocycles. The minimum Gasteiger partial charge on any atom is -0.481 e. The number of benzene rings is 3. The standard InChI is InChI=1S/C23H18ClFN2O5S/c1-27(33(30,31)18-6-7-20(24)21(25)11-18)13-16-5-8-22(32-14-23(28)29)19(10-16)17-4-2-3-15(9-17)12-26/h2-11H,13-14H2,1H3,(H,28,29). The summed E-state index contributed by atoms with van der Waals surface area (Å²) in [7, 11) is -2.66. The summed E-state index contributed by atoms with van der Waals surface area (Å²) >= 11 is 5.65. The molecule has 0 aliphatic carbocycles. The average molecular weight is 489 g/mol. The van der Waals surface area contributed by atoms with E-state index >= 15 is 0 Å². The number of sulfonamides is 1. The number of hydrogen-bond donors (Lipinski definition) is 1. The van der Waals surface area contributed by atoms with E-state index in [0.717, 1.165) is 10.4 Å². The lowest BCUT2D eigenvalue weighted by Crippen LogP contribution is -2.26. The van der Waals surface area contributed by atoms with Gasteiger partial charge in [-0.15, -0.1) is 0 Å². The third-order valence-corrected chi connectivity index (χ3v) is 6.81. The van der Waals surface area contributed by atoms with Gasteiger partial charge in [0.1, 0.15) is 11.6 Å². The van der Waals surface area contributed by atoms with Crippen molar-refractivity contribution in [2.24, 2.45) is 0 Å². The van der Waals surface area contributed by atoms with Crippen LogP contribution in [0.2, 0.25) is 5.02 Å². The van der Waals surface area contributed by atoms with Crippen LogP contribution in [0.25, 0.3) is 11.1 Å². The van der Waals surface area contributed by atoms with Crippen molar-refractivity contribution in [3.8, 4) is 22.9 Å². The van der Waals surface area contributed by atoms with Gasteiger partial charge in [-0.05, 0) is 53.6 Å². The maximum Gasteiger partial charge on any atom is 0.341 e. The van der Waals surface area contributed by atoms with Gasteiger partial charge in [-0.3, -0.25) is 0 Å². The second-order valence-electron chi connectivity index (χ2n) is 7.04. The smallest absolute Gasteiger partial charge is 0.341 e. The highest BCUT2D eigenvalue weighted by Gasteiger charge is 2.23. The minimum absolute atomic E-state index is 0.0588. The molecule has 1 N–H and O–H groups in total. The molecule has 0 fully saturated rings. The average Bonchev–Trinajstić information content (AvgIpc) is 2.79. The van der Waals surface area contributed by atoms with Crippen LogP contribution in [-0.4, -0.2) is 37.5 Å². The van der Waals surface area contributed by atoms with Crippen LogP contribution in [0, 0.1) is 17.1 Å². The van der Waals surface area contributed by atoms with E-state index in [1.807, 2.05) is 6.07 Å². The maximum absolute atomic E-state index is 13.8. The SMILES string of the molecule is CN(Cc1ccc(OCC(=O)O)c(-c2cccc(C#N)c2)c1)S(=O)(=O)c1ccc(Cl)c(F)c1. The highest BCUT2D eigenvalue weighted by atomic mass is 35.5. The van der Waals surface area contributed by atoms with Gasteiger partial charge >= 0.3 is 5.97 Å². The quantitative estimate of drug-likeness (QED) is 0.506. The molecule has 10 heteroatoms. The molecule has 7 nitrogen and oxygen atoms in total. The summed E-state index contributed by atoms with van der Waals surface area (Å²) in [5, 5.41) is 18.0. The highest BCUT2D eigenvalue weighted by molar-refractivity contribution is 7.89. The van der Waals surface area contributed by atoms with E-state index in [9.17, 15) is 22.9 Å². The molecule has 0 bridgehead atoms. The van der Waals surface area contributed by atoms with E-state index in [1.54, 1.807) is 36.4 Å². The van der Waals surface area contributed by atoms with E-state index in [1.165, 1.54) is 25.2 Å². The normalized spacial score (nSPS) is 11.2. The molecule has 33 heavy (non-hydrogen) atoms. The summed E-state index contributed by atoms with van der Waals surface area (Å²) in [4.78, 5) is 10.7. The molecule has 0 aliphatic heterocycles.